The Balaban J connectivity index is 1.58. The standard InChI is InChI=1S/C22H23N5O5S/c1-16-14-21(26(24-16)18-8-10-19(11-9-18)27(29)30)23-22(28)17-6-5-7-20(15-17)33(31,32)25-12-3-2-4-13-25/h5-11,14-15H,2-4,12-13H2,1H3,(H,23,28). The van der Waals surface area contributed by atoms with Gasteiger partial charge in [0, 0.05) is 36.9 Å². The summed E-state index contributed by atoms with van der Waals surface area (Å²) in [7, 11) is -3.67. The molecule has 0 radical (unpaired) electrons. The third-order valence-electron chi connectivity index (χ3n) is 5.43. The first-order valence-corrected chi connectivity index (χ1v) is 11.9. The number of sulfonamides is 1. The number of piperidine rings is 1. The number of nitro benzene ring substituents is 1. The zero-order chi connectivity index (χ0) is 23.6. The van der Waals surface area contributed by atoms with Crippen molar-refractivity contribution in [1.29, 1.82) is 0 Å². The number of nitro groups is 1. The first kappa shape index (κ1) is 22.6. The average molecular weight is 470 g/mol. The quantitative estimate of drug-likeness (QED) is 0.435. The summed E-state index contributed by atoms with van der Waals surface area (Å²) in [5.74, 6) is -0.135. The summed E-state index contributed by atoms with van der Waals surface area (Å²) in [6, 6.07) is 13.4. The number of aromatic nitrogens is 2. The minimum absolute atomic E-state index is 0.0556. The second-order valence-corrected chi connectivity index (χ2v) is 9.74. The van der Waals surface area contributed by atoms with Gasteiger partial charge in [0.15, 0.2) is 0 Å². The Morgan fingerprint density at radius 2 is 1.76 bits per heavy atom. The van der Waals surface area contributed by atoms with E-state index in [1.54, 1.807) is 25.1 Å². The molecular weight excluding hydrogens is 446 g/mol. The van der Waals surface area contributed by atoms with Gasteiger partial charge in [-0.1, -0.05) is 12.5 Å². The molecule has 1 saturated heterocycles. The summed E-state index contributed by atoms with van der Waals surface area (Å²) >= 11 is 0. The van der Waals surface area contributed by atoms with E-state index < -0.39 is 20.9 Å². The highest BCUT2D eigenvalue weighted by atomic mass is 32.2. The van der Waals surface area contributed by atoms with Gasteiger partial charge in [-0.15, -0.1) is 0 Å². The van der Waals surface area contributed by atoms with E-state index in [2.05, 4.69) is 10.4 Å². The number of benzene rings is 2. The molecule has 4 rings (SSSR count). The number of non-ortho nitro benzene ring substituents is 1. The fourth-order valence-electron chi connectivity index (χ4n) is 3.74. The third-order valence-corrected chi connectivity index (χ3v) is 7.32. The van der Waals surface area contributed by atoms with Crippen LogP contribution in [0.15, 0.2) is 59.5 Å². The molecule has 2 heterocycles. The van der Waals surface area contributed by atoms with Crippen molar-refractivity contribution in [3.63, 3.8) is 0 Å². The van der Waals surface area contributed by atoms with Gasteiger partial charge in [0.25, 0.3) is 11.6 Å². The molecule has 0 unspecified atom stereocenters. The fraction of sp³-hybridized carbons (Fsp3) is 0.273. The highest BCUT2D eigenvalue weighted by molar-refractivity contribution is 7.89. The molecule has 1 aliphatic heterocycles. The zero-order valence-electron chi connectivity index (χ0n) is 18.0. The van der Waals surface area contributed by atoms with Crippen LogP contribution >= 0.6 is 0 Å². The molecule has 1 fully saturated rings. The Morgan fingerprint density at radius 1 is 1.06 bits per heavy atom. The van der Waals surface area contributed by atoms with E-state index in [1.807, 2.05) is 0 Å². The predicted octanol–water partition coefficient (Wildman–Crippen LogP) is 3.52. The number of nitrogens with one attached hydrogen (secondary N) is 1. The molecule has 11 heteroatoms. The van der Waals surface area contributed by atoms with Gasteiger partial charge in [-0.25, -0.2) is 13.1 Å². The van der Waals surface area contributed by atoms with Gasteiger partial charge in [0.1, 0.15) is 5.82 Å². The normalized spacial score (nSPS) is 14.7. The minimum atomic E-state index is -3.67. The lowest BCUT2D eigenvalue weighted by atomic mass is 10.2. The number of hydrogen-bond acceptors (Lipinski definition) is 6. The summed E-state index contributed by atoms with van der Waals surface area (Å²) < 4.78 is 28.9. The van der Waals surface area contributed by atoms with Crippen LogP contribution in [0.1, 0.15) is 35.3 Å². The largest absolute Gasteiger partial charge is 0.306 e. The molecule has 1 aromatic heterocycles. The van der Waals surface area contributed by atoms with Crippen LogP contribution in [-0.2, 0) is 10.0 Å². The highest BCUT2D eigenvalue weighted by Crippen LogP contribution is 2.23. The number of anilines is 1. The molecule has 172 valence electrons. The Kier molecular flexibility index (Phi) is 6.25. The number of carbonyl (C=O) groups is 1. The van der Waals surface area contributed by atoms with E-state index >= 15 is 0 Å². The molecule has 33 heavy (non-hydrogen) atoms. The molecule has 1 amide bonds. The van der Waals surface area contributed by atoms with Gasteiger partial charge in [-0.05, 0) is 50.1 Å². The first-order chi connectivity index (χ1) is 15.8. The lowest BCUT2D eigenvalue weighted by Gasteiger charge is -2.26. The molecule has 1 N–H and O–H groups in total. The predicted molar refractivity (Wildman–Crippen MR) is 122 cm³/mol. The monoisotopic (exact) mass is 469 g/mol. The Labute approximate surface area is 191 Å². The van der Waals surface area contributed by atoms with Gasteiger partial charge < -0.3 is 5.32 Å². The van der Waals surface area contributed by atoms with Gasteiger partial charge in [-0.2, -0.15) is 9.40 Å². The SMILES string of the molecule is Cc1cc(NC(=O)c2cccc(S(=O)(=O)N3CCCCC3)c2)n(-c2ccc([N+](=O)[O-])cc2)n1. The summed E-state index contributed by atoms with van der Waals surface area (Å²) in [6.45, 7) is 2.71. The summed E-state index contributed by atoms with van der Waals surface area (Å²) in [6.07, 6.45) is 2.66. The van der Waals surface area contributed by atoms with Crippen LogP contribution in [0.3, 0.4) is 0 Å². The Hall–Kier alpha value is -3.57. The van der Waals surface area contributed by atoms with Crippen LogP contribution in [0.2, 0.25) is 0 Å². The van der Waals surface area contributed by atoms with Crippen LogP contribution in [0.5, 0.6) is 0 Å². The van der Waals surface area contributed by atoms with Crippen molar-refractivity contribution in [3.8, 4) is 5.69 Å². The fourth-order valence-corrected chi connectivity index (χ4v) is 5.30. The zero-order valence-corrected chi connectivity index (χ0v) is 18.8. The summed E-state index contributed by atoms with van der Waals surface area (Å²) in [5, 5.41) is 18.0. The molecule has 3 aromatic rings. The van der Waals surface area contributed by atoms with Crippen molar-refractivity contribution in [2.75, 3.05) is 18.4 Å². The molecule has 10 nitrogen and oxygen atoms in total. The molecular formula is C22H23N5O5S. The van der Waals surface area contributed by atoms with Gasteiger partial charge >= 0.3 is 0 Å². The van der Waals surface area contributed by atoms with Gasteiger partial charge in [0.2, 0.25) is 10.0 Å². The Bertz CT molecular complexity index is 1290. The first-order valence-electron chi connectivity index (χ1n) is 10.5. The minimum Gasteiger partial charge on any atom is -0.306 e. The number of hydrogen-bond donors (Lipinski definition) is 1. The second kappa shape index (κ2) is 9.12. The third kappa shape index (κ3) is 4.78. The molecule has 2 aromatic carbocycles. The van der Waals surface area contributed by atoms with Crippen LogP contribution in [0, 0.1) is 17.0 Å². The van der Waals surface area contributed by atoms with Crippen LogP contribution in [0.4, 0.5) is 11.5 Å². The second-order valence-electron chi connectivity index (χ2n) is 7.80. The van der Waals surface area contributed by atoms with Crippen LogP contribution < -0.4 is 5.32 Å². The molecule has 1 aliphatic rings. The lowest BCUT2D eigenvalue weighted by Crippen LogP contribution is -2.35. The molecule has 0 spiro atoms. The molecule has 0 atom stereocenters. The van der Waals surface area contributed by atoms with Crippen molar-refractivity contribution in [2.45, 2.75) is 31.1 Å². The van der Waals surface area contributed by atoms with Crippen LogP contribution in [0.25, 0.3) is 5.69 Å². The number of amides is 1. The van der Waals surface area contributed by atoms with Crippen molar-refractivity contribution in [3.05, 3.63) is 76.0 Å². The van der Waals surface area contributed by atoms with E-state index in [0.717, 1.165) is 19.3 Å². The van der Waals surface area contributed by atoms with Crippen molar-refractivity contribution < 1.29 is 18.1 Å². The highest BCUT2D eigenvalue weighted by Gasteiger charge is 2.26. The molecule has 0 aliphatic carbocycles. The molecule has 0 saturated carbocycles. The maximum absolute atomic E-state index is 13.0. The van der Waals surface area contributed by atoms with E-state index in [1.165, 1.54) is 45.4 Å². The van der Waals surface area contributed by atoms with E-state index in [4.69, 9.17) is 0 Å². The van der Waals surface area contributed by atoms with Gasteiger partial charge in [0.05, 0.1) is 21.2 Å². The van der Waals surface area contributed by atoms with E-state index in [0.29, 0.717) is 30.3 Å². The summed E-state index contributed by atoms with van der Waals surface area (Å²) in [5.41, 5.74) is 1.30. The lowest BCUT2D eigenvalue weighted by molar-refractivity contribution is -0.384. The number of rotatable bonds is 6. The Morgan fingerprint density at radius 3 is 2.42 bits per heavy atom. The number of nitrogens with zero attached hydrogens (tertiary/aromatic N) is 4. The number of carbonyl (C=O) groups excluding carboxylic acids is 1. The maximum atomic E-state index is 13.0. The topological polar surface area (TPSA) is 127 Å². The van der Waals surface area contributed by atoms with E-state index in [-0.39, 0.29) is 16.1 Å². The van der Waals surface area contributed by atoms with Crippen molar-refractivity contribution >= 4 is 27.4 Å². The molecule has 0 bridgehead atoms. The smallest absolute Gasteiger partial charge is 0.269 e. The number of aryl methyl sites for hydroxylation is 1. The average Bonchev–Trinajstić information content (AvgIpc) is 3.19. The van der Waals surface area contributed by atoms with Gasteiger partial charge in [-0.3, -0.25) is 14.9 Å². The van der Waals surface area contributed by atoms with Crippen molar-refractivity contribution in [1.82, 2.24) is 14.1 Å². The maximum Gasteiger partial charge on any atom is 0.269 e. The van der Waals surface area contributed by atoms with E-state index in [9.17, 15) is 23.3 Å². The van der Waals surface area contributed by atoms with Crippen molar-refractivity contribution in [2.24, 2.45) is 0 Å². The summed E-state index contributed by atoms with van der Waals surface area (Å²) in [4.78, 5) is 23.4. The van der Waals surface area contributed by atoms with Crippen LogP contribution in [-0.4, -0.2) is 46.4 Å².